The first-order valence-electron chi connectivity index (χ1n) is 7.05. The van der Waals surface area contributed by atoms with Crippen LogP contribution in [-0.2, 0) is 5.79 Å². The number of β-amino-alcohol motifs (C(OH)–C–C–N with tert-alkyl or cyclic N) is 2. The molecule has 2 rings (SSSR count). The maximum atomic E-state index is 10.2. The van der Waals surface area contributed by atoms with Crippen molar-refractivity contribution in [3.05, 3.63) is 23.9 Å². The lowest BCUT2D eigenvalue weighted by molar-refractivity contribution is -0.170. The van der Waals surface area contributed by atoms with Gasteiger partial charge in [0.2, 0.25) is 5.79 Å². The van der Waals surface area contributed by atoms with E-state index in [0.717, 1.165) is 12.8 Å². The average molecular weight is 279 g/mol. The highest BCUT2D eigenvalue weighted by Crippen LogP contribution is 2.37. The van der Waals surface area contributed by atoms with Crippen LogP contribution < -0.4 is 10.6 Å². The molecular weight excluding hydrogens is 254 g/mol. The van der Waals surface area contributed by atoms with Gasteiger partial charge in [0.05, 0.1) is 6.54 Å². The Morgan fingerprint density at radius 3 is 2.45 bits per heavy atom. The van der Waals surface area contributed by atoms with Crippen LogP contribution in [0.4, 0.5) is 5.82 Å². The molecule has 0 atom stereocenters. The number of nitrogens with zero attached hydrogens (tertiary/aromatic N) is 1. The van der Waals surface area contributed by atoms with Gasteiger partial charge in [-0.25, -0.2) is 4.98 Å². The minimum atomic E-state index is -1.98. The molecular formula is C15H25N3O2. The summed E-state index contributed by atoms with van der Waals surface area (Å²) in [5, 5.41) is 26.8. The van der Waals surface area contributed by atoms with Crippen molar-refractivity contribution in [3.63, 3.8) is 0 Å². The van der Waals surface area contributed by atoms with Crippen LogP contribution in [0.1, 0.15) is 46.2 Å². The number of nitrogens with one attached hydrogen (secondary N) is 2. The fourth-order valence-corrected chi connectivity index (χ4v) is 1.83. The van der Waals surface area contributed by atoms with Crippen LogP contribution >= 0.6 is 0 Å². The first kappa shape index (κ1) is 15.2. The van der Waals surface area contributed by atoms with E-state index in [2.05, 4.69) is 22.5 Å². The predicted molar refractivity (Wildman–Crippen MR) is 79.4 cm³/mol. The average Bonchev–Trinajstić information content (AvgIpc) is 3.04. The summed E-state index contributed by atoms with van der Waals surface area (Å²) < 4.78 is 0. The Morgan fingerprint density at radius 2 is 1.90 bits per heavy atom. The molecule has 0 unspecified atom stereocenters. The number of hydrogen-bond donors (Lipinski definition) is 4. The second kappa shape index (κ2) is 4.98. The lowest BCUT2D eigenvalue weighted by Crippen LogP contribution is -2.46. The van der Waals surface area contributed by atoms with Crippen LogP contribution in [0.25, 0.3) is 0 Å². The largest absolute Gasteiger partial charge is 0.365 e. The zero-order valence-corrected chi connectivity index (χ0v) is 12.7. The van der Waals surface area contributed by atoms with Crippen LogP contribution in [0.2, 0.25) is 0 Å². The molecule has 0 aromatic carbocycles. The van der Waals surface area contributed by atoms with Crippen LogP contribution in [0, 0.1) is 0 Å². The van der Waals surface area contributed by atoms with Crippen LogP contribution in [0.5, 0.6) is 0 Å². The first-order valence-corrected chi connectivity index (χ1v) is 7.05. The minimum absolute atomic E-state index is 0.0320. The number of rotatable bonds is 5. The number of aromatic nitrogens is 1. The summed E-state index contributed by atoms with van der Waals surface area (Å²) in [5.41, 5.74) is 0.181. The van der Waals surface area contributed by atoms with Crippen molar-refractivity contribution in [2.45, 2.75) is 57.4 Å². The molecule has 0 saturated heterocycles. The molecule has 1 saturated carbocycles. The summed E-state index contributed by atoms with van der Waals surface area (Å²) in [7, 11) is 0. The van der Waals surface area contributed by atoms with E-state index >= 15 is 0 Å². The second-order valence-corrected chi connectivity index (χ2v) is 7.01. The topological polar surface area (TPSA) is 77.4 Å². The lowest BCUT2D eigenvalue weighted by Gasteiger charge is -2.28. The molecule has 5 heteroatoms. The van der Waals surface area contributed by atoms with Gasteiger partial charge in [0, 0.05) is 11.1 Å². The van der Waals surface area contributed by atoms with E-state index in [1.165, 1.54) is 0 Å². The standard InChI is InChI=1S/C15H25N3O2/c1-13(2,3)16-10-15(19,20)11-6-5-7-12(17-11)18-14(4)8-9-14/h5-7,16,19-20H,8-10H2,1-4H3,(H,17,18). The van der Waals surface area contributed by atoms with Gasteiger partial charge in [-0.05, 0) is 52.7 Å². The maximum Gasteiger partial charge on any atom is 0.220 e. The molecule has 4 N–H and O–H groups in total. The van der Waals surface area contributed by atoms with Gasteiger partial charge in [0.15, 0.2) is 0 Å². The van der Waals surface area contributed by atoms with Gasteiger partial charge < -0.3 is 20.8 Å². The molecule has 1 aromatic heterocycles. The summed E-state index contributed by atoms with van der Waals surface area (Å²) in [6.07, 6.45) is 2.24. The molecule has 1 aromatic rings. The van der Waals surface area contributed by atoms with Crippen LogP contribution in [0.15, 0.2) is 18.2 Å². The highest BCUT2D eigenvalue weighted by atomic mass is 16.5. The molecule has 0 bridgehead atoms. The van der Waals surface area contributed by atoms with Crippen molar-refractivity contribution < 1.29 is 10.2 Å². The van der Waals surface area contributed by atoms with Gasteiger partial charge in [-0.3, -0.25) is 0 Å². The van der Waals surface area contributed by atoms with Gasteiger partial charge in [0.1, 0.15) is 11.5 Å². The van der Waals surface area contributed by atoms with Crippen LogP contribution in [0.3, 0.4) is 0 Å². The number of pyridine rings is 1. The molecule has 0 amide bonds. The maximum absolute atomic E-state index is 10.2. The molecule has 1 aliphatic rings. The monoisotopic (exact) mass is 279 g/mol. The smallest absolute Gasteiger partial charge is 0.220 e. The summed E-state index contributed by atoms with van der Waals surface area (Å²) in [5.74, 6) is -1.29. The Morgan fingerprint density at radius 1 is 1.25 bits per heavy atom. The Bertz CT molecular complexity index is 476. The molecule has 1 fully saturated rings. The summed E-state index contributed by atoms with van der Waals surface area (Å²) in [4.78, 5) is 4.32. The quantitative estimate of drug-likeness (QED) is 0.616. The van der Waals surface area contributed by atoms with E-state index in [1.807, 2.05) is 26.8 Å². The fraction of sp³-hybridized carbons (Fsp3) is 0.667. The van der Waals surface area contributed by atoms with Gasteiger partial charge in [0.25, 0.3) is 0 Å². The Labute approximate surface area is 120 Å². The van der Waals surface area contributed by atoms with E-state index in [9.17, 15) is 10.2 Å². The van der Waals surface area contributed by atoms with Crippen LogP contribution in [-0.4, -0.2) is 32.8 Å². The van der Waals surface area contributed by atoms with Crippen molar-refractivity contribution in [2.75, 3.05) is 11.9 Å². The third kappa shape index (κ3) is 4.16. The second-order valence-electron chi connectivity index (χ2n) is 7.01. The summed E-state index contributed by atoms with van der Waals surface area (Å²) in [6.45, 7) is 8.09. The lowest BCUT2D eigenvalue weighted by atomic mass is 10.1. The van der Waals surface area contributed by atoms with E-state index in [0.29, 0.717) is 5.82 Å². The molecule has 112 valence electrons. The van der Waals surface area contributed by atoms with Gasteiger partial charge in [-0.2, -0.15) is 0 Å². The molecule has 0 spiro atoms. The highest BCUT2D eigenvalue weighted by Gasteiger charge is 2.37. The summed E-state index contributed by atoms with van der Waals surface area (Å²) >= 11 is 0. The highest BCUT2D eigenvalue weighted by molar-refractivity contribution is 5.41. The van der Waals surface area contributed by atoms with Gasteiger partial charge in [-0.15, -0.1) is 0 Å². The van der Waals surface area contributed by atoms with Gasteiger partial charge in [-0.1, -0.05) is 6.07 Å². The van der Waals surface area contributed by atoms with Crippen molar-refractivity contribution in [1.29, 1.82) is 0 Å². The minimum Gasteiger partial charge on any atom is -0.365 e. The van der Waals surface area contributed by atoms with Gasteiger partial charge >= 0.3 is 0 Å². The van der Waals surface area contributed by atoms with E-state index in [-0.39, 0.29) is 23.3 Å². The normalized spacial score (nSPS) is 17.9. The Kier molecular flexibility index (Phi) is 3.79. The Hall–Kier alpha value is -1.17. The number of anilines is 1. The van der Waals surface area contributed by atoms with Crippen molar-refractivity contribution in [3.8, 4) is 0 Å². The molecule has 1 aliphatic carbocycles. The molecule has 0 aliphatic heterocycles. The van der Waals surface area contributed by atoms with Crippen molar-refractivity contribution >= 4 is 5.82 Å². The fourth-order valence-electron chi connectivity index (χ4n) is 1.83. The van der Waals surface area contributed by atoms with E-state index in [1.54, 1.807) is 12.1 Å². The molecule has 5 nitrogen and oxygen atoms in total. The van der Waals surface area contributed by atoms with E-state index < -0.39 is 5.79 Å². The first-order chi connectivity index (χ1) is 9.10. The number of aliphatic hydroxyl groups is 2. The molecule has 20 heavy (non-hydrogen) atoms. The SMILES string of the molecule is CC(C)(C)NCC(O)(O)c1cccc(NC2(C)CC2)n1. The predicted octanol–water partition coefficient (Wildman–Crippen LogP) is 1.57. The molecule has 1 heterocycles. The number of hydrogen-bond acceptors (Lipinski definition) is 5. The third-order valence-electron chi connectivity index (χ3n) is 3.45. The van der Waals surface area contributed by atoms with Crippen molar-refractivity contribution in [2.24, 2.45) is 0 Å². The molecule has 0 radical (unpaired) electrons. The zero-order chi connectivity index (χ0) is 15.0. The Balaban J connectivity index is 2.08. The zero-order valence-electron chi connectivity index (χ0n) is 12.7. The third-order valence-corrected chi connectivity index (χ3v) is 3.45. The van der Waals surface area contributed by atoms with Crippen molar-refractivity contribution in [1.82, 2.24) is 10.3 Å². The summed E-state index contributed by atoms with van der Waals surface area (Å²) in [6, 6.07) is 5.26. The van der Waals surface area contributed by atoms with E-state index in [4.69, 9.17) is 0 Å².